The van der Waals surface area contributed by atoms with E-state index in [1.807, 2.05) is 0 Å². The number of allylic oxidation sites excluding steroid dienone is 1. The van der Waals surface area contributed by atoms with Gasteiger partial charge in [0.25, 0.3) is 0 Å². The molecule has 1 aliphatic rings. The van der Waals surface area contributed by atoms with Crippen molar-refractivity contribution < 1.29 is 8.83 Å². The van der Waals surface area contributed by atoms with E-state index in [-0.39, 0.29) is 5.92 Å². The lowest BCUT2D eigenvalue weighted by Gasteiger charge is -2.19. The summed E-state index contributed by atoms with van der Waals surface area (Å²) in [6.07, 6.45) is 3.30. The molecule has 1 unspecified atom stereocenters. The van der Waals surface area contributed by atoms with Crippen LogP contribution in [0, 0.1) is 0 Å². The average molecular weight is 833 g/mol. The first-order chi connectivity index (χ1) is 32.1. The molecule has 0 N–H and O–H groups in total. The molecule has 0 aliphatic heterocycles. The molecule has 0 fully saturated rings. The van der Waals surface area contributed by atoms with Gasteiger partial charge in [-0.1, -0.05) is 110 Å². The van der Waals surface area contributed by atoms with Crippen molar-refractivity contribution in [2.45, 2.75) is 19.3 Å². The van der Waals surface area contributed by atoms with E-state index < -0.39 is 0 Å². The van der Waals surface area contributed by atoms with Crippen LogP contribution in [0.15, 0.2) is 209 Å². The van der Waals surface area contributed by atoms with Crippen molar-refractivity contribution in [3.8, 4) is 33.6 Å². The van der Waals surface area contributed by atoms with Gasteiger partial charge in [0.05, 0.1) is 22.1 Å². The van der Waals surface area contributed by atoms with Crippen LogP contribution in [0.1, 0.15) is 36.1 Å². The van der Waals surface area contributed by atoms with E-state index in [0.717, 1.165) is 67.5 Å². The number of rotatable bonds is 5. The molecule has 0 radical (unpaired) electrons. The van der Waals surface area contributed by atoms with Crippen molar-refractivity contribution in [3.05, 3.63) is 217 Å². The minimum atomic E-state index is 0.244. The van der Waals surface area contributed by atoms with E-state index in [9.17, 15) is 0 Å². The third-order valence-electron chi connectivity index (χ3n) is 13.9. The van der Waals surface area contributed by atoms with Gasteiger partial charge in [0.1, 0.15) is 22.5 Å². The number of hydrogen-bond donors (Lipinski definition) is 0. The number of fused-ring (bicyclic) bond motifs is 12. The van der Waals surface area contributed by atoms with Crippen LogP contribution in [0.3, 0.4) is 0 Å². The first kappa shape index (κ1) is 36.2. The number of aromatic nitrogens is 2. The van der Waals surface area contributed by atoms with Crippen molar-refractivity contribution in [3.63, 3.8) is 0 Å². The molecule has 13 aromatic rings. The number of furan rings is 2. The Labute approximate surface area is 374 Å². The van der Waals surface area contributed by atoms with Crippen molar-refractivity contribution >= 4 is 88.2 Å². The molecule has 1 atom stereocenters. The van der Waals surface area contributed by atoms with Crippen LogP contribution in [-0.2, 0) is 0 Å². The van der Waals surface area contributed by atoms with Crippen LogP contribution in [0.25, 0.3) is 122 Å². The molecule has 0 saturated carbocycles. The van der Waals surface area contributed by atoms with Gasteiger partial charge < -0.3 is 18.0 Å². The van der Waals surface area contributed by atoms with Crippen LogP contribution in [0.4, 0.5) is 0 Å². The highest BCUT2D eigenvalue weighted by Gasteiger charge is 2.26. The summed E-state index contributed by atoms with van der Waals surface area (Å²) >= 11 is 0. The smallest absolute Gasteiger partial charge is 0.135 e. The molecule has 306 valence electrons. The molecule has 0 bridgehead atoms. The van der Waals surface area contributed by atoms with Gasteiger partial charge in [-0.15, -0.1) is 0 Å². The zero-order chi connectivity index (χ0) is 42.8. The largest absolute Gasteiger partial charge is 0.460 e. The second-order valence-electron chi connectivity index (χ2n) is 17.7. The van der Waals surface area contributed by atoms with Crippen molar-refractivity contribution in [1.82, 2.24) is 9.13 Å². The highest BCUT2D eigenvalue weighted by molar-refractivity contribution is 6.13. The highest BCUT2D eigenvalue weighted by Crippen LogP contribution is 2.45. The monoisotopic (exact) mass is 832 g/mol. The lowest BCUT2D eigenvalue weighted by molar-refractivity contribution is 0.506. The van der Waals surface area contributed by atoms with E-state index in [1.54, 1.807) is 0 Å². The van der Waals surface area contributed by atoms with Crippen LogP contribution in [0.2, 0.25) is 0 Å². The molecule has 4 heteroatoms. The van der Waals surface area contributed by atoms with E-state index in [4.69, 9.17) is 8.83 Å². The molecule has 0 amide bonds. The predicted octanol–water partition coefficient (Wildman–Crippen LogP) is 16.9. The molecular weight excluding hydrogens is 793 g/mol. The fourth-order valence-corrected chi connectivity index (χ4v) is 10.9. The fraction of sp³-hybridized carbons (Fsp3) is 0.0492. The van der Waals surface area contributed by atoms with E-state index >= 15 is 0 Å². The first-order valence-electron chi connectivity index (χ1n) is 22.5. The molecular formula is C61H40N2O2. The Hall–Kier alpha value is -8.34. The van der Waals surface area contributed by atoms with Gasteiger partial charge >= 0.3 is 0 Å². The summed E-state index contributed by atoms with van der Waals surface area (Å²) in [4.78, 5) is 0. The summed E-state index contributed by atoms with van der Waals surface area (Å²) in [5.74, 6) is 1.31. The number of para-hydroxylation sites is 4. The van der Waals surface area contributed by atoms with Gasteiger partial charge in [-0.25, -0.2) is 0 Å². The molecule has 0 spiro atoms. The number of benzene rings is 9. The molecule has 4 nitrogen and oxygen atoms in total. The van der Waals surface area contributed by atoms with E-state index in [0.29, 0.717) is 0 Å². The Kier molecular flexibility index (Phi) is 7.70. The van der Waals surface area contributed by atoms with Crippen molar-refractivity contribution in [2.75, 3.05) is 0 Å². The van der Waals surface area contributed by atoms with Crippen molar-refractivity contribution in [1.29, 1.82) is 0 Å². The zero-order valence-electron chi connectivity index (χ0n) is 35.6. The number of nitrogens with zero attached hydrogens (tertiary/aromatic N) is 2. The quantitative estimate of drug-likeness (QED) is 0.173. The minimum absolute atomic E-state index is 0.244. The second-order valence-corrected chi connectivity index (χ2v) is 17.7. The summed E-state index contributed by atoms with van der Waals surface area (Å²) in [5.41, 5.74) is 18.3. The maximum atomic E-state index is 6.64. The van der Waals surface area contributed by atoms with Gasteiger partial charge in [-0.2, -0.15) is 0 Å². The van der Waals surface area contributed by atoms with Crippen LogP contribution >= 0.6 is 0 Å². The molecule has 9 aromatic carbocycles. The Balaban J connectivity index is 0.848. The predicted molar refractivity (Wildman–Crippen MR) is 270 cm³/mol. The van der Waals surface area contributed by atoms with Gasteiger partial charge in [0, 0.05) is 60.6 Å². The van der Waals surface area contributed by atoms with Gasteiger partial charge in [-0.05, 0) is 143 Å². The lowest BCUT2D eigenvalue weighted by atomic mass is 9.85. The summed E-state index contributed by atoms with van der Waals surface area (Å²) in [6.45, 7) is 2.29. The molecule has 65 heavy (non-hydrogen) atoms. The Bertz CT molecular complexity index is 4100. The Morgan fingerprint density at radius 3 is 1.34 bits per heavy atom. The fourth-order valence-electron chi connectivity index (χ4n) is 10.9. The molecule has 4 heterocycles. The first-order valence-corrected chi connectivity index (χ1v) is 22.5. The highest BCUT2D eigenvalue weighted by atomic mass is 16.3. The van der Waals surface area contributed by atoms with Gasteiger partial charge in [0.2, 0.25) is 0 Å². The summed E-state index contributed by atoms with van der Waals surface area (Å²) < 4.78 is 17.8. The summed E-state index contributed by atoms with van der Waals surface area (Å²) in [7, 11) is 0. The maximum absolute atomic E-state index is 6.64. The van der Waals surface area contributed by atoms with E-state index in [2.05, 4.69) is 222 Å². The number of hydrogen-bond acceptors (Lipinski definition) is 2. The molecule has 0 saturated heterocycles. The Morgan fingerprint density at radius 1 is 0.369 bits per heavy atom. The van der Waals surface area contributed by atoms with E-state index in [1.165, 1.54) is 71.6 Å². The topological polar surface area (TPSA) is 36.1 Å². The van der Waals surface area contributed by atoms with Crippen molar-refractivity contribution in [2.24, 2.45) is 0 Å². The van der Waals surface area contributed by atoms with Crippen LogP contribution in [0.5, 0.6) is 0 Å². The normalized spacial score (nSPS) is 14.1. The molecule has 1 aliphatic carbocycles. The SMILES string of the molecule is CC1CC(c2ccc3c(c2)c2ccccc2n3-c2ccccc2)=Cc2c1oc1ccc(-c3ccc4oc5ccc(-c6ccc7c(c6)c6ccccc6n7-c6ccccc6)cc5c4c3)cc21. The lowest BCUT2D eigenvalue weighted by Crippen LogP contribution is -2.02. The van der Waals surface area contributed by atoms with Gasteiger partial charge in [-0.3, -0.25) is 0 Å². The summed E-state index contributed by atoms with van der Waals surface area (Å²) in [6, 6.07) is 72.4. The van der Waals surface area contributed by atoms with Gasteiger partial charge in [0.15, 0.2) is 0 Å². The third kappa shape index (κ3) is 5.50. The minimum Gasteiger partial charge on any atom is -0.460 e. The summed E-state index contributed by atoms with van der Waals surface area (Å²) in [5, 5.41) is 8.38. The standard InChI is InChI=1S/C61H40N2O2/c1-37-30-43(42-21-26-57-49(32-42)47-17-9-11-19-55(47)63(57)45-14-6-3-7-15-45)36-53-52-35-41(24-29-60(52)65-61(37)53)40-23-28-59-51(34-40)50-33-39(22-27-58(50)64-59)38-20-25-56-48(31-38)46-16-8-10-18-54(46)62(56)44-12-4-2-5-13-44/h2-29,31-37H,30H2,1H3. The molecule has 4 aromatic heterocycles. The second kappa shape index (κ2) is 13.8. The zero-order valence-corrected chi connectivity index (χ0v) is 35.6. The molecule has 14 rings (SSSR count). The average Bonchev–Trinajstić information content (AvgIpc) is 4.11. The Morgan fingerprint density at radius 2 is 0.785 bits per heavy atom. The maximum Gasteiger partial charge on any atom is 0.135 e. The third-order valence-corrected chi connectivity index (χ3v) is 13.9. The van der Waals surface area contributed by atoms with Crippen LogP contribution in [-0.4, -0.2) is 9.13 Å². The van der Waals surface area contributed by atoms with Crippen LogP contribution < -0.4 is 0 Å².